The number of hydrogen-bond acceptors (Lipinski definition) is 6. The van der Waals surface area contributed by atoms with Crippen LogP contribution in [-0.4, -0.2) is 39.8 Å². The Hall–Kier alpha value is -3.02. The van der Waals surface area contributed by atoms with Gasteiger partial charge in [0.2, 0.25) is 0 Å². The van der Waals surface area contributed by atoms with E-state index in [2.05, 4.69) is 27.1 Å². The third kappa shape index (κ3) is 4.88. The molecule has 2 amide bonds. The van der Waals surface area contributed by atoms with Gasteiger partial charge in [0.25, 0.3) is 11.8 Å². The average molecular weight is 423 g/mol. The number of hydrogen-bond donors (Lipinski definition) is 1. The molecule has 0 radical (unpaired) electrons. The largest absolute Gasteiger partial charge is 0.332 e. The van der Waals surface area contributed by atoms with Gasteiger partial charge in [-0.1, -0.05) is 24.1 Å². The van der Waals surface area contributed by atoms with Crippen molar-refractivity contribution in [2.75, 3.05) is 18.4 Å². The lowest BCUT2D eigenvalue weighted by Crippen LogP contribution is -2.37. The molecule has 6 nitrogen and oxygen atoms in total. The van der Waals surface area contributed by atoms with E-state index in [1.54, 1.807) is 21.9 Å². The molecule has 1 fully saturated rings. The Morgan fingerprint density at radius 3 is 2.66 bits per heavy atom. The Labute approximate surface area is 176 Å². The highest BCUT2D eigenvalue weighted by Gasteiger charge is 2.26. The lowest BCUT2D eigenvalue weighted by Gasteiger charge is -2.29. The predicted molar refractivity (Wildman–Crippen MR) is 114 cm³/mol. The Bertz CT molecular complexity index is 1040. The fourth-order valence-corrected chi connectivity index (χ4v) is 4.58. The molecule has 1 aliphatic heterocycles. The highest BCUT2D eigenvalue weighted by Crippen LogP contribution is 2.30. The van der Waals surface area contributed by atoms with E-state index in [9.17, 15) is 9.59 Å². The van der Waals surface area contributed by atoms with E-state index < -0.39 is 0 Å². The molecule has 1 aliphatic rings. The molecule has 0 saturated carbocycles. The van der Waals surface area contributed by atoms with Gasteiger partial charge < -0.3 is 4.90 Å². The van der Waals surface area contributed by atoms with E-state index in [4.69, 9.17) is 0 Å². The summed E-state index contributed by atoms with van der Waals surface area (Å²) < 4.78 is 0. The molecule has 0 spiro atoms. The topological polar surface area (TPSA) is 75.2 Å². The predicted octanol–water partition coefficient (Wildman–Crippen LogP) is 3.61. The van der Waals surface area contributed by atoms with Crippen LogP contribution in [0.3, 0.4) is 0 Å². The van der Waals surface area contributed by atoms with Crippen molar-refractivity contribution in [3.63, 3.8) is 0 Å². The maximum absolute atomic E-state index is 12.3. The quantitative estimate of drug-likeness (QED) is 0.655. The van der Waals surface area contributed by atoms with Crippen LogP contribution >= 0.6 is 22.7 Å². The van der Waals surface area contributed by atoms with E-state index in [1.165, 1.54) is 22.7 Å². The van der Waals surface area contributed by atoms with Gasteiger partial charge in [-0.25, -0.2) is 9.97 Å². The van der Waals surface area contributed by atoms with Gasteiger partial charge in [-0.2, -0.15) is 0 Å². The third-order valence-corrected chi connectivity index (χ3v) is 6.32. The minimum Gasteiger partial charge on any atom is -0.332 e. The molecule has 1 N–H and O–H groups in total. The van der Waals surface area contributed by atoms with E-state index >= 15 is 0 Å². The highest BCUT2D eigenvalue weighted by molar-refractivity contribution is 7.13. The number of amides is 2. The van der Waals surface area contributed by atoms with Crippen molar-refractivity contribution < 1.29 is 9.59 Å². The van der Waals surface area contributed by atoms with Crippen molar-refractivity contribution >= 4 is 39.6 Å². The zero-order valence-corrected chi connectivity index (χ0v) is 17.1. The van der Waals surface area contributed by atoms with Crippen LogP contribution in [0.4, 0.5) is 5.13 Å². The van der Waals surface area contributed by atoms with Crippen LogP contribution in [0.25, 0.3) is 0 Å². The van der Waals surface area contributed by atoms with Gasteiger partial charge in [0, 0.05) is 47.4 Å². The maximum atomic E-state index is 12.3. The molecular formula is C21H18N4O2S2. The second-order valence-corrected chi connectivity index (χ2v) is 8.33. The Kier molecular flexibility index (Phi) is 5.98. The van der Waals surface area contributed by atoms with Crippen molar-refractivity contribution in [2.45, 2.75) is 18.8 Å². The fraction of sp³-hybridized carbons (Fsp3) is 0.238. The Balaban J connectivity index is 1.32. The molecular weight excluding hydrogens is 404 g/mol. The summed E-state index contributed by atoms with van der Waals surface area (Å²) in [6.07, 6.45) is 3.28. The number of nitrogens with one attached hydrogen (secondary N) is 1. The van der Waals surface area contributed by atoms with E-state index in [1.807, 2.05) is 30.3 Å². The number of nitrogens with zero attached hydrogens (tertiary/aromatic N) is 3. The summed E-state index contributed by atoms with van der Waals surface area (Å²) in [5, 5.41) is 7.84. The van der Waals surface area contributed by atoms with Crippen LogP contribution < -0.4 is 5.32 Å². The number of benzene rings is 1. The van der Waals surface area contributed by atoms with Gasteiger partial charge in [0.15, 0.2) is 5.13 Å². The first-order chi connectivity index (χ1) is 14.2. The van der Waals surface area contributed by atoms with Gasteiger partial charge >= 0.3 is 0 Å². The van der Waals surface area contributed by atoms with Crippen molar-refractivity contribution in [1.29, 1.82) is 0 Å². The number of anilines is 1. The highest BCUT2D eigenvalue weighted by atomic mass is 32.1. The van der Waals surface area contributed by atoms with Gasteiger partial charge in [-0.05, 0) is 25.0 Å². The molecule has 1 saturated heterocycles. The molecule has 3 aromatic rings. The summed E-state index contributed by atoms with van der Waals surface area (Å²) in [7, 11) is 0. The van der Waals surface area contributed by atoms with Crippen molar-refractivity contribution in [3.8, 4) is 11.8 Å². The first-order valence-corrected chi connectivity index (χ1v) is 11.0. The number of carbonyl (C=O) groups is 2. The fourth-order valence-electron chi connectivity index (χ4n) is 3.08. The molecule has 29 heavy (non-hydrogen) atoms. The second kappa shape index (κ2) is 8.99. The maximum Gasteiger partial charge on any atom is 0.298 e. The summed E-state index contributed by atoms with van der Waals surface area (Å²) in [6, 6.07) is 9.50. The van der Waals surface area contributed by atoms with Gasteiger partial charge in [-0.3, -0.25) is 14.9 Å². The minimum absolute atomic E-state index is 0.144. The van der Waals surface area contributed by atoms with Gasteiger partial charge in [-0.15, -0.1) is 22.7 Å². The molecule has 8 heteroatoms. The molecule has 0 bridgehead atoms. The van der Waals surface area contributed by atoms with Crippen LogP contribution in [0.1, 0.15) is 39.8 Å². The SMILES string of the molecule is O=C(Nc1nccs1)c1csc(C2CCN(C(=O)C#Cc3ccccc3)CC2)n1. The average Bonchev–Trinajstić information content (AvgIpc) is 3.45. The minimum atomic E-state index is -0.244. The lowest BCUT2D eigenvalue weighted by atomic mass is 9.97. The summed E-state index contributed by atoms with van der Waals surface area (Å²) in [5.74, 6) is 5.52. The van der Waals surface area contributed by atoms with Crippen LogP contribution in [0.5, 0.6) is 0 Å². The monoisotopic (exact) mass is 422 g/mol. The van der Waals surface area contributed by atoms with Crippen LogP contribution in [0.2, 0.25) is 0 Å². The summed E-state index contributed by atoms with van der Waals surface area (Å²) >= 11 is 2.86. The first kappa shape index (κ1) is 19.3. The molecule has 0 aliphatic carbocycles. The summed E-state index contributed by atoms with van der Waals surface area (Å²) in [6.45, 7) is 1.29. The number of likely N-dealkylation sites (tertiary alicyclic amines) is 1. The zero-order valence-electron chi connectivity index (χ0n) is 15.5. The van der Waals surface area contributed by atoms with Gasteiger partial charge in [0.1, 0.15) is 5.69 Å². The number of thiazole rings is 2. The molecule has 4 rings (SSSR count). The van der Waals surface area contributed by atoms with Crippen LogP contribution in [-0.2, 0) is 4.79 Å². The van der Waals surface area contributed by atoms with E-state index in [0.717, 1.165) is 23.4 Å². The summed E-state index contributed by atoms with van der Waals surface area (Å²) in [5.41, 5.74) is 1.24. The van der Waals surface area contributed by atoms with Crippen molar-refractivity contribution in [3.05, 3.63) is 63.6 Å². The van der Waals surface area contributed by atoms with Crippen LogP contribution in [0.15, 0.2) is 47.3 Å². The van der Waals surface area contributed by atoms with Gasteiger partial charge in [0.05, 0.1) is 5.01 Å². The Morgan fingerprint density at radius 1 is 1.14 bits per heavy atom. The number of carbonyl (C=O) groups excluding carboxylic acids is 2. The smallest absolute Gasteiger partial charge is 0.298 e. The molecule has 3 heterocycles. The van der Waals surface area contributed by atoms with E-state index in [-0.39, 0.29) is 17.7 Å². The lowest BCUT2D eigenvalue weighted by molar-refractivity contribution is -0.126. The van der Waals surface area contributed by atoms with Crippen LogP contribution in [0, 0.1) is 11.8 Å². The zero-order chi connectivity index (χ0) is 20.1. The first-order valence-electron chi connectivity index (χ1n) is 9.21. The molecule has 2 aromatic heterocycles. The van der Waals surface area contributed by atoms with E-state index in [0.29, 0.717) is 23.9 Å². The molecule has 0 atom stereocenters. The number of aromatic nitrogens is 2. The van der Waals surface area contributed by atoms with Crippen molar-refractivity contribution in [1.82, 2.24) is 14.9 Å². The third-order valence-electron chi connectivity index (χ3n) is 4.63. The summed E-state index contributed by atoms with van der Waals surface area (Å²) in [4.78, 5) is 35.0. The molecule has 1 aromatic carbocycles. The number of rotatable bonds is 3. The second-order valence-electron chi connectivity index (χ2n) is 6.54. The normalized spacial score (nSPS) is 14.1. The van der Waals surface area contributed by atoms with Crippen molar-refractivity contribution in [2.24, 2.45) is 0 Å². The Morgan fingerprint density at radius 2 is 1.93 bits per heavy atom. The standard InChI is InChI=1S/C21H18N4O2S2/c26-18(7-6-15-4-2-1-3-5-15)25-11-8-16(9-12-25)20-23-17(14-29-20)19(27)24-21-22-10-13-28-21/h1-5,10,13-14,16H,8-9,11-12H2,(H,22,24,27). The molecule has 0 unspecified atom stereocenters. The molecule has 146 valence electrons. The number of piperidine rings is 1.